The van der Waals surface area contributed by atoms with E-state index >= 15 is 0 Å². The van der Waals surface area contributed by atoms with E-state index < -0.39 is 23.5 Å². The molecule has 0 saturated carbocycles. The van der Waals surface area contributed by atoms with E-state index in [0.717, 1.165) is 20.5 Å². The molecule has 0 atom stereocenters. The average molecular weight is 484 g/mol. The minimum atomic E-state index is -5.04. The van der Waals surface area contributed by atoms with Crippen LogP contribution in [-0.2, 0) is 20.0 Å². The zero-order chi connectivity index (χ0) is 24.5. The van der Waals surface area contributed by atoms with Crippen molar-refractivity contribution in [1.29, 1.82) is 0 Å². The summed E-state index contributed by atoms with van der Waals surface area (Å²) in [6.45, 7) is 3.28. The SMILES string of the molecule is C=C(N)Cc1nc2c(s1)c1cnn(Cc3cccc(OC(F)(F)F)c3F)c(=O)c1n2C.CN. The van der Waals surface area contributed by atoms with E-state index in [4.69, 9.17) is 5.73 Å². The predicted molar refractivity (Wildman–Crippen MR) is 117 cm³/mol. The van der Waals surface area contributed by atoms with Crippen molar-refractivity contribution in [1.82, 2.24) is 19.3 Å². The second kappa shape index (κ2) is 9.19. The largest absolute Gasteiger partial charge is 0.573 e. The Morgan fingerprint density at radius 3 is 2.64 bits per heavy atom. The Kier molecular flexibility index (Phi) is 6.74. The summed E-state index contributed by atoms with van der Waals surface area (Å²) < 4.78 is 58.9. The van der Waals surface area contributed by atoms with E-state index in [1.165, 1.54) is 36.7 Å². The molecule has 0 saturated heterocycles. The van der Waals surface area contributed by atoms with Crippen molar-refractivity contribution in [3.63, 3.8) is 0 Å². The second-order valence-corrected chi connectivity index (χ2v) is 7.88. The average Bonchev–Trinajstić information content (AvgIpc) is 3.25. The highest BCUT2D eigenvalue weighted by Gasteiger charge is 2.32. The summed E-state index contributed by atoms with van der Waals surface area (Å²) in [5.74, 6) is -2.19. The molecule has 4 aromatic rings. The number of benzene rings is 1. The zero-order valence-electron chi connectivity index (χ0n) is 17.6. The molecule has 4 N–H and O–H groups in total. The Labute approximate surface area is 188 Å². The molecular weight excluding hydrogens is 464 g/mol. The van der Waals surface area contributed by atoms with Crippen molar-refractivity contribution in [3.8, 4) is 5.75 Å². The van der Waals surface area contributed by atoms with Crippen molar-refractivity contribution in [2.75, 3.05) is 7.05 Å². The van der Waals surface area contributed by atoms with Crippen LogP contribution in [-0.4, -0.2) is 32.7 Å². The monoisotopic (exact) mass is 484 g/mol. The first-order valence-corrected chi connectivity index (χ1v) is 10.2. The summed E-state index contributed by atoms with van der Waals surface area (Å²) in [6, 6.07) is 3.32. The van der Waals surface area contributed by atoms with Gasteiger partial charge in [-0.3, -0.25) is 4.79 Å². The number of rotatable bonds is 5. The van der Waals surface area contributed by atoms with Crippen LogP contribution >= 0.6 is 11.3 Å². The first-order chi connectivity index (χ1) is 15.5. The Morgan fingerprint density at radius 1 is 1.30 bits per heavy atom. The summed E-state index contributed by atoms with van der Waals surface area (Å²) in [5, 5.41) is 5.39. The Bertz CT molecular complexity index is 1390. The lowest BCUT2D eigenvalue weighted by Crippen LogP contribution is -2.25. The fourth-order valence-electron chi connectivity index (χ4n) is 3.26. The number of nitrogens with zero attached hydrogens (tertiary/aromatic N) is 4. The van der Waals surface area contributed by atoms with Gasteiger partial charge in [-0.25, -0.2) is 14.1 Å². The second-order valence-electron chi connectivity index (χ2n) is 6.80. The molecule has 0 spiro atoms. The van der Waals surface area contributed by atoms with Gasteiger partial charge in [-0.2, -0.15) is 5.10 Å². The van der Waals surface area contributed by atoms with E-state index in [0.29, 0.717) is 28.7 Å². The van der Waals surface area contributed by atoms with Gasteiger partial charge in [-0.15, -0.1) is 24.5 Å². The third kappa shape index (κ3) is 4.83. The molecule has 0 unspecified atom stereocenters. The van der Waals surface area contributed by atoms with Crippen LogP contribution in [0, 0.1) is 5.82 Å². The number of aromatic nitrogens is 4. The van der Waals surface area contributed by atoms with Crippen molar-refractivity contribution in [3.05, 3.63) is 63.4 Å². The van der Waals surface area contributed by atoms with E-state index in [9.17, 15) is 22.4 Å². The first kappa shape index (κ1) is 24.2. The minimum absolute atomic E-state index is 0.173. The predicted octanol–water partition coefficient (Wildman–Crippen LogP) is 3.02. The van der Waals surface area contributed by atoms with Gasteiger partial charge in [0.1, 0.15) is 10.5 Å². The maximum absolute atomic E-state index is 14.5. The van der Waals surface area contributed by atoms with Crippen LogP contribution in [0.2, 0.25) is 0 Å². The van der Waals surface area contributed by atoms with Crippen LogP contribution in [0.25, 0.3) is 21.3 Å². The molecule has 8 nitrogen and oxygen atoms in total. The van der Waals surface area contributed by atoms with Crippen LogP contribution in [0.4, 0.5) is 17.6 Å². The molecule has 4 rings (SSSR count). The van der Waals surface area contributed by atoms with Crippen LogP contribution < -0.4 is 21.8 Å². The normalized spacial score (nSPS) is 11.5. The molecule has 0 aliphatic heterocycles. The van der Waals surface area contributed by atoms with Gasteiger partial charge in [0.05, 0.1) is 17.4 Å². The topological polar surface area (TPSA) is 114 Å². The van der Waals surface area contributed by atoms with Crippen molar-refractivity contribution < 1.29 is 22.3 Å². The molecule has 3 heterocycles. The van der Waals surface area contributed by atoms with Crippen LogP contribution in [0.15, 0.2) is 41.5 Å². The third-order valence-electron chi connectivity index (χ3n) is 4.54. The third-order valence-corrected chi connectivity index (χ3v) is 5.61. The molecule has 33 heavy (non-hydrogen) atoms. The number of thiazole rings is 1. The number of hydrogen-bond donors (Lipinski definition) is 2. The summed E-state index contributed by atoms with van der Waals surface area (Å²) in [4.78, 5) is 17.5. The maximum atomic E-state index is 14.5. The fraction of sp³-hybridized carbons (Fsp3) is 0.250. The quantitative estimate of drug-likeness (QED) is 0.421. The van der Waals surface area contributed by atoms with Gasteiger partial charge in [0.15, 0.2) is 17.2 Å². The highest BCUT2D eigenvalue weighted by atomic mass is 32.1. The summed E-state index contributed by atoms with van der Waals surface area (Å²) in [7, 11) is 3.16. The number of allylic oxidation sites excluding steroid dienone is 1. The molecule has 0 fully saturated rings. The highest BCUT2D eigenvalue weighted by molar-refractivity contribution is 7.19. The molecule has 3 aromatic heterocycles. The number of alkyl halides is 3. The Hall–Kier alpha value is -3.45. The maximum Gasteiger partial charge on any atom is 0.573 e. The molecule has 0 aliphatic rings. The van der Waals surface area contributed by atoms with Gasteiger partial charge in [0, 0.05) is 30.1 Å². The lowest BCUT2D eigenvalue weighted by Gasteiger charge is -2.12. The smallest absolute Gasteiger partial charge is 0.403 e. The van der Waals surface area contributed by atoms with Gasteiger partial charge in [0.2, 0.25) is 0 Å². The van der Waals surface area contributed by atoms with Crippen molar-refractivity contribution >= 4 is 32.6 Å². The van der Waals surface area contributed by atoms with Gasteiger partial charge < -0.3 is 20.8 Å². The number of ether oxygens (including phenoxy) is 1. The van der Waals surface area contributed by atoms with Gasteiger partial charge in [0.25, 0.3) is 5.56 Å². The van der Waals surface area contributed by atoms with Crippen LogP contribution in [0.5, 0.6) is 5.75 Å². The van der Waals surface area contributed by atoms with Crippen molar-refractivity contribution in [2.45, 2.75) is 19.3 Å². The zero-order valence-corrected chi connectivity index (χ0v) is 18.4. The molecule has 0 amide bonds. The minimum Gasteiger partial charge on any atom is -0.403 e. The molecule has 0 radical (unpaired) electrons. The molecule has 176 valence electrons. The number of hydrogen-bond acceptors (Lipinski definition) is 7. The highest BCUT2D eigenvalue weighted by Crippen LogP contribution is 2.31. The standard InChI is InChI=1S/C19H15F4N5O2S.CH5N/c1-9(24)6-13-26-17-16(31-13)11-7-25-28(18(29)15(11)27(17)2)8-10-4-3-5-12(14(10)20)30-19(21,22)23;1-2/h3-5,7H,1,6,8,24H2,2H3;2H2,1H3. The lowest BCUT2D eigenvalue weighted by atomic mass is 10.2. The van der Waals surface area contributed by atoms with Gasteiger partial charge in [-0.05, 0) is 13.1 Å². The van der Waals surface area contributed by atoms with Gasteiger partial charge >= 0.3 is 6.36 Å². The molecular formula is C20H20F4N6O2S. The fourth-order valence-corrected chi connectivity index (χ4v) is 4.42. The van der Waals surface area contributed by atoms with E-state index in [1.54, 1.807) is 11.6 Å². The lowest BCUT2D eigenvalue weighted by molar-refractivity contribution is -0.275. The van der Waals surface area contributed by atoms with E-state index in [1.807, 2.05) is 0 Å². The first-order valence-electron chi connectivity index (χ1n) is 9.43. The number of halogens is 4. The Morgan fingerprint density at radius 2 is 2.00 bits per heavy atom. The number of fused-ring (bicyclic) bond motifs is 3. The van der Waals surface area contributed by atoms with Crippen molar-refractivity contribution in [2.24, 2.45) is 18.5 Å². The van der Waals surface area contributed by atoms with Crippen LogP contribution in [0.1, 0.15) is 10.6 Å². The molecule has 13 heteroatoms. The number of aryl methyl sites for hydroxylation is 1. The number of nitrogens with two attached hydrogens (primary N) is 2. The summed E-state index contributed by atoms with van der Waals surface area (Å²) >= 11 is 1.36. The summed E-state index contributed by atoms with van der Waals surface area (Å²) in [5.41, 5.74) is 10.8. The molecule has 0 bridgehead atoms. The van der Waals surface area contributed by atoms with E-state index in [2.05, 4.69) is 27.1 Å². The van der Waals surface area contributed by atoms with E-state index in [-0.39, 0.29) is 12.1 Å². The van der Waals surface area contributed by atoms with Gasteiger partial charge in [-0.1, -0.05) is 18.7 Å². The van der Waals surface area contributed by atoms with Crippen LogP contribution in [0.3, 0.4) is 0 Å². The summed E-state index contributed by atoms with van der Waals surface area (Å²) in [6.07, 6.45) is -3.18. The molecule has 1 aromatic carbocycles. The molecule has 0 aliphatic carbocycles. The Balaban J connectivity index is 0.00000149.